The molecule has 0 aliphatic carbocycles. The molecule has 1 unspecified atom stereocenters. The fourth-order valence-corrected chi connectivity index (χ4v) is 6.40. The molecule has 41 heavy (non-hydrogen) atoms. The Morgan fingerprint density at radius 2 is 1.20 bits per heavy atom. The van der Waals surface area contributed by atoms with E-state index in [1.54, 1.807) is 11.3 Å². The van der Waals surface area contributed by atoms with Gasteiger partial charge in [0.25, 0.3) is 0 Å². The number of amidine groups is 2. The lowest BCUT2D eigenvalue weighted by Crippen LogP contribution is -2.36. The van der Waals surface area contributed by atoms with Crippen LogP contribution < -0.4 is 5.32 Å². The molecule has 0 spiro atoms. The van der Waals surface area contributed by atoms with E-state index < -0.39 is 0 Å². The minimum atomic E-state index is -0.316. The number of nitrogens with one attached hydrogen (secondary N) is 1. The highest BCUT2D eigenvalue weighted by Crippen LogP contribution is 2.36. The number of aromatic nitrogens is 1. The molecule has 1 aliphatic heterocycles. The summed E-state index contributed by atoms with van der Waals surface area (Å²) >= 11 is 1.74. The second-order valence-corrected chi connectivity index (χ2v) is 11.2. The Hall–Kier alpha value is -5.13. The molecule has 7 aromatic rings. The largest absolute Gasteiger partial charge is 0.324 e. The Kier molecular flexibility index (Phi) is 5.68. The molecule has 0 saturated heterocycles. The zero-order valence-corrected chi connectivity index (χ0v) is 22.8. The highest BCUT2D eigenvalue weighted by Gasteiger charge is 2.21. The van der Waals surface area contributed by atoms with Crippen molar-refractivity contribution in [1.29, 1.82) is 0 Å². The average molecular weight is 545 g/mol. The molecule has 1 aromatic heterocycles. The maximum absolute atomic E-state index is 5.12. The van der Waals surface area contributed by atoms with E-state index in [1.165, 1.54) is 15.5 Å². The van der Waals surface area contributed by atoms with Crippen molar-refractivity contribution in [3.8, 4) is 10.6 Å². The SMILES string of the molecule is c1ccc(C2=NC(c3ccccc3)N=C(c3ccc4c(ccc5sc(-c6ccc7ccccc7c6)nc54)c3)N2)cc1. The molecule has 0 amide bonds. The highest BCUT2D eigenvalue weighted by atomic mass is 32.1. The molecule has 1 aliphatic rings. The number of hydrogen-bond acceptors (Lipinski definition) is 5. The van der Waals surface area contributed by atoms with Crippen molar-refractivity contribution in [2.75, 3.05) is 0 Å². The number of hydrogen-bond donors (Lipinski definition) is 1. The summed E-state index contributed by atoms with van der Waals surface area (Å²) in [6, 6.07) is 46.4. The summed E-state index contributed by atoms with van der Waals surface area (Å²) in [6.07, 6.45) is -0.316. The van der Waals surface area contributed by atoms with Crippen LogP contribution in [0, 0.1) is 0 Å². The Morgan fingerprint density at radius 1 is 0.537 bits per heavy atom. The van der Waals surface area contributed by atoms with Crippen LogP contribution in [-0.4, -0.2) is 16.7 Å². The molecule has 5 heteroatoms. The van der Waals surface area contributed by atoms with E-state index in [4.69, 9.17) is 15.0 Å². The van der Waals surface area contributed by atoms with Crippen LogP contribution in [0.2, 0.25) is 0 Å². The van der Waals surface area contributed by atoms with Crippen LogP contribution in [0.25, 0.3) is 42.3 Å². The van der Waals surface area contributed by atoms with Crippen molar-refractivity contribution >= 4 is 54.8 Å². The van der Waals surface area contributed by atoms with Gasteiger partial charge in [-0.3, -0.25) is 0 Å². The third kappa shape index (κ3) is 4.37. The van der Waals surface area contributed by atoms with Gasteiger partial charge in [-0.2, -0.15) is 0 Å². The lowest BCUT2D eigenvalue weighted by atomic mass is 10.0. The van der Waals surface area contributed by atoms with Gasteiger partial charge < -0.3 is 5.32 Å². The van der Waals surface area contributed by atoms with Crippen LogP contribution in [-0.2, 0) is 0 Å². The number of rotatable bonds is 4. The van der Waals surface area contributed by atoms with E-state index in [-0.39, 0.29) is 6.17 Å². The van der Waals surface area contributed by atoms with Gasteiger partial charge in [-0.25, -0.2) is 15.0 Å². The van der Waals surface area contributed by atoms with Gasteiger partial charge in [-0.15, -0.1) is 11.3 Å². The molecule has 0 fully saturated rings. The van der Waals surface area contributed by atoms with Crippen LogP contribution >= 0.6 is 11.3 Å². The predicted octanol–water partition coefficient (Wildman–Crippen LogP) is 8.77. The van der Waals surface area contributed by atoms with E-state index in [9.17, 15) is 0 Å². The molecule has 2 heterocycles. The minimum Gasteiger partial charge on any atom is -0.324 e. The van der Waals surface area contributed by atoms with Crippen LogP contribution in [0.5, 0.6) is 0 Å². The van der Waals surface area contributed by atoms with Crippen molar-refractivity contribution < 1.29 is 0 Å². The molecule has 1 N–H and O–H groups in total. The zero-order valence-electron chi connectivity index (χ0n) is 22.0. The molecule has 4 nitrogen and oxygen atoms in total. The Balaban J connectivity index is 1.19. The zero-order chi connectivity index (χ0) is 27.2. The third-order valence-corrected chi connectivity index (χ3v) is 8.60. The van der Waals surface area contributed by atoms with E-state index in [1.807, 2.05) is 36.4 Å². The summed E-state index contributed by atoms with van der Waals surface area (Å²) in [5.74, 6) is 1.63. The topological polar surface area (TPSA) is 49.6 Å². The van der Waals surface area contributed by atoms with Gasteiger partial charge in [-0.05, 0) is 39.9 Å². The lowest BCUT2D eigenvalue weighted by molar-refractivity contribution is 0.756. The molecule has 194 valence electrons. The standard InChI is InChI=1S/C36H24N4S/c1-3-10-24(11-4-1)33-38-34(25-12-5-2-6-13-25)40-35(39-33)28-17-19-30-27(22-28)18-20-31-32(30)37-36(41-31)29-16-15-23-9-7-8-14-26(23)21-29/h1-22,33H,(H,38,39,40). The van der Waals surface area contributed by atoms with Crippen LogP contribution in [0.4, 0.5) is 0 Å². The van der Waals surface area contributed by atoms with Gasteiger partial charge in [0.05, 0.1) is 10.2 Å². The van der Waals surface area contributed by atoms with Crippen molar-refractivity contribution in [1.82, 2.24) is 10.3 Å². The second-order valence-electron chi connectivity index (χ2n) is 10.2. The quantitative estimate of drug-likeness (QED) is 0.241. The van der Waals surface area contributed by atoms with E-state index in [2.05, 4.69) is 102 Å². The first-order chi connectivity index (χ1) is 20.3. The molecule has 0 radical (unpaired) electrons. The smallest absolute Gasteiger partial charge is 0.169 e. The second kappa shape index (κ2) is 9.81. The molecule has 0 saturated carbocycles. The first kappa shape index (κ1) is 23.7. The van der Waals surface area contributed by atoms with Crippen LogP contribution in [0.3, 0.4) is 0 Å². The van der Waals surface area contributed by atoms with Crippen molar-refractivity contribution in [3.05, 3.63) is 150 Å². The van der Waals surface area contributed by atoms with Gasteiger partial charge in [0.15, 0.2) is 6.17 Å². The third-order valence-electron chi connectivity index (χ3n) is 7.53. The number of nitrogens with zero attached hydrogens (tertiary/aromatic N) is 3. The molecular formula is C36H24N4S. The van der Waals surface area contributed by atoms with E-state index in [0.29, 0.717) is 0 Å². The summed E-state index contributed by atoms with van der Waals surface area (Å²) in [5, 5.41) is 9.30. The Morgan fingerprint density at radius 3 is 2.02 bits per heavy atom. The van der Waals surface area contributed by atoms with E-state index >= 15 is 0 Å². The number of thiazole rings is 1. The fourth-order valence-electron chi connectivity index (χ4n) is 5.43. The molecule has 8 rings (SSSR count). The minimum absolute atomic E-state index is 0.316. The summed E-state index contributed by atoms with van der Waals surface area (Å²) in [7, 11) is 0. The predicted molar refractivity (Wildman–Crippen MR) is 172 cm³/mol. The van der Waals surface area contributed by atoms with Crippen LogP contribution in [0.15, 0.2) is 143 Å². The average Bonchev–Trinajstić information content (AvgIpc) is 3.50. The van der Waals surface area contributed by atoms with Gasteiger partial charge in [0.1, 0.15) is 16.7 Å². The molecular weight excluding hydrogens is 520 g/mol. The Labute approximate surface area is 241 Å². The van der Waals surface area contributed by atoms with Crippen molar-refractivity contribution in [2.45, 2.75) is 6.17 Å². The summed E-state index contributed by atoms with van der Waals surface area (Å²) < 4.78 is 1.18. The normalized spacial score (nSPS) is 15.1. The number of fused-ring (bicyclic) bond motifs is 4. The van der Waals surface area contributed by atoms with Crippen molar-refractivity contribution in [2.24, 2.45) is 9.98 Å². The first-order valence-corrected chi connectivity index (χ1v) is 14.5. The first-order valence-electron chi connectivity index (χ1n) is 13.6. The summed E-state index contributed by atoms with van der Waals surface area (Å²) in [6.45, 7) is 0. The lowest BCUT2D eigenvalue weighted by Gasteiger charge is -2.22. The maximum atomic E-state index is 5.12. The van der Waals surface area contributed by atoms with Gasteiger partial charge >= 0.3 is 0 Å². The molecule has 0 bridgehead atoms. The summed E-state index contributed by atoms with van der Waals surface area (Å²) in [5.41, 5.74) is 5.30. The van der Waals surface area contributed by atoms with Gasteiger partial charge in [0.2, 0.25) is 0 Å². The molecule has 1 atom stereocenters. The summed E-state index contributed by atoms with van der Waals surface area (Å²) in [4.78, 5) is 15.1. The monoisotopic (exact) mass is 544 g/mol. The molecule has 6 aromatic carbocycles. The Bertz CT molecular complexity index is 2130. The fraction of sp³-hybridized carbons (Fsp3) is 0.0278. The van der Waals surface area contributed by atoms with Crippen LogP contribution in [0.1, 0.15) is 22.9 Å². The maximum Gasteiger partial charge on any atom is 0.169 e. The highest BCUT2D eigenvalue weighted by molar-refractivity contribution is 7.21. The number of aliphatic imine (C=N–C) groups is 2. The van der Waals surface area contributed by atoms with Gasteiger partial charge in [0, 0.05) is 22.1 Å². The van der Waals surface area contributed by atoms with Gasteiger partial charge in [-0.1, -0.05) is 115 Å². The van der Waals surface area contributed by atoms with Crippen molar-refractivity contribution in [3.63, 3.8) is 0 Å². The van der Waals surface area contributed by atoms with E-state index in [0.717, 1.165) is 55.2 Å². The number of benzene rings is 6.